The Hall–Kier alpha value is -0.610. The van der Waals surface area contributed by atoms with E-state index in [1.165, 1.54) is 82.3 Å². The fourth-order valence-corrected chi connectivity index (χ4v) is 4.81. The molecule has 0 saturated carbocycles. The Labute approximate surface area is 159 Å². The van der Waals surface area contributed by atoms with Crippen LogP contribution in [0.25, 0.3) is 0 Å². The number of unbranched alkanes of at least 4 members (excludes halogenated alkanes) is 5. The van der Waals surface area contributed by atoms with Gasteiger partial charge in [-0.1, -0.05) is 51.9 Å². The van der Waals surface area contributed by atoms with E-state index < -0.39 is 0 Å². The van der Waals surface area contributed by atoms with Crippen LogP contribution in [0.2, 0.25) is 0 Å². The molecule has 1 aliphatic heterocycles. The summed E-state index contributed by atoms with van der Waals surface area (Å²) in [5.74, 6) is 0. The van der Waals surface area contributed by atoms with Gasteiger partial charge in [0.05, 0.1) is 0 Å². The predicted molar refractivity (Wildman–Crippen MR) is 112 cm³/mol. The van der Waals surface area contributed by atoms with Gasteiger partial charge in [0.25, 0.3) is 0 Å². The topological polar surface area (TPSA) is 19.4 Å². The minimum Gasteiger partial charge on any atom is -0.345 e. The first-order valence-electron chi connectivity index (χ1n) is 10.6. The van der Waals surface area contributed by atoms with Crippen molar-refractivity contribution < 1.29 is 0 Å². The third-order valence-corrected chi connectivity index (χ3v) is 6.61. The summed E-state index contributed by atoms with van der Waals surface area (Å²) in [7, 11) is 2.30. The lowest BCUT2D eigenvalue weighted by atomic mass is 9.99. The van der Waals surface area contributed by atoms with Crippen LogP contribution in [0.5, 0.6) is 0 Å². The molecule has 0 N–H and O–H groups in total. The molecular weight excluding hydrogens is 326 g/mol. The van der Waals surface area contributed by atoms with Gasteiger partial charge in [-0.25, -0.2) is 4.98 Å². The quantitative estimate of drug-likeness (QED) is 0.426. The molecule has 2 rings (SSSR count). The minimum atomic E-state index is 0.603. The molecule has 0 amide bonds. The molecule has 4 heteroatoms. The van der Waals surface area contributed by atoms with E-state index in [-0.39, 0.29) is 0 Å². The van der Waals surface area contributed by atoms with Crippen molar-refractivity contribution in [1.82, 2.24) is 9.88 Å². The highest BCUT2D eigenvalue weighted by Gasteiger charge is 2.22. The van der Waals surface area contributed by atoms with Crippen molar-refractivity contribution in [1.29, 1.82) is 0 Å². The summed E-state index contributed by atoms with van der Waals surface area (Å²) in [5, 5.41) is 3.34. The summed E-state index contributed by atoms with van der Waals surface area (Å²) < 4.78 is 0. The largest absolute Gasteiger partial charge is 0.345 e. The summed E-state index contributed by atoms with van der Waals surface area (Å²) in [6, 6.07) is 1.36. The van der Waals surface area contributed by atoms with Gasteiger partial charge in [0, 0.05) is 30.2 Å². The van der Waals surface area contributed by atoms with Gasteiger partial charge in [-0.05, 0) is 46.2 Å². The number of hydrogen-bond acceptors (Lipinski definition) is 4. The van der Waals surface area contributed by atoms with E-state index in [1.807, 2.05) is 6.20 Å². The number of nitrogens with zero attached hydrogens (tertiary/aromatic N) is 3. The van der Waals surface area contributed by atoms with Gasteiger partial charge in [-0.15, -0.1) is 11.3 Å². The maximum absolute atomic E-state index is 4.62. The third-order valence-electron chi connectivity index (χ3n) is 5.80. The summed E-state index contributed by atoms with van der Waals surface area (Å²) in [6.45, 7) is 7.12. The monoisotopic (exact) mass is 365 g/mol. The normalized spacial score (nSPS) is 19.9. The first kappa shape index (κ1) is 20.7. The van der Waals surface area contributed by atoms with E-state index >= 15 is 0 Å². The van der Waals surface area contributed by atoms with Gasteiger partial charge < -0.3 is 9.80 Å². The third kappa shape index (κ3) is 7.26. The molecule has 1 saturated heterocycles. The molecule has 25 heavy (non-hydrogen) atoms. The Balaban J connectivity index is 1.79. The zero-order valence-electron chi connectivity index (χ0n) is 16.8. The van der Waals surface area contributed by atoms with Gasteiger partial charge in [-0.2, -0.15) is 0 Å². The van der Waals surface area contributed by atoms with E-state index in [0.717, 1.165) is 12.6 Å². The lowest BCUT2D eigenvalue weighted by Gasteiger charge is -2.36. The zero-order valence-corrected chi connectivity index (χ0v) is 17.6. The molecule has 144 valence electrons. The van der Waals surface area contributed by atoms with E-state index in [0.29, 0.717) is 6.04 Å². The average Bonchev–Trinajstić information content (AvgIpc) is 3.14. The molecule has 0 bridgehead atoms. The van der Waals surface area contributed by atoms with Crippen molar-refractivity contribution in [2.24, 2.45) is 0 Å². The van der Waals surface area contributed by atoms with Crippen molar-refractivity contribution in [3.63, 3.8) is 0 Å². The summed E-state index contributed by atoms with van der Waals surface area (Å²) in [6.07, 6.45) is 17.0. The lowest BCUT2D eigenvalue weighted by molar-refractivity contribution is 0.177. The lowest BCUT2D eigenvalue weighted by Crippen LogP contribution is -2.41. The fourth-order valence-electron chi connectivity index (χ4n) is 4.04. The second kappa shape index (κ2) is 11.9. The Kier molecular flexibility index (Phi) is 9.85. The summed E-state index contributed by atoms with van der Waals surface area (Å²) >= 11 is 1.80. The molecule has 2 heterocycles. The van der Waals surface area contributed by atoms with E-state index in [2.05, 4.69) is 41.1 Å². The fraction of sp³-hybridized carbons (Fsp3) is 0.857. The molecule has 0 radical (unpaired) electrons. The SMILES string of the molecule is CCCCCCCCC(C)N(CCC1CCCCN1C)c1nccs1. The Morgan fingerprint density at radius 2 is 2.04 bits per heavy atom. The van der Waals surface area contributed by atoms with E-state index in [9.17, 15) is 0 Å². The van der Waals surface area contributed by atoms with Gasteiger partial charge in [-0.3, -0.25) is 0 Å². The molecule has 0 aliphatic carbocycles. The van der Waals surface area contributed by atoms with E-state index in [4.69, 9.17) is 0 Å². The van der Waals surface area contributed by atoms with Crippen molar-refractivity contribution in [3.8, 4) is 0 Å². The number of thiazole rings is 1. The molecular formula is C21H39N3S. The van der Waals surface area contributed by atoms with Crippen molar-refractivity contribution in [2.75, 3.05) is 25.0 Å². The molecule has 0 aromatic carbocycles. The molecule has 0 spiro atoms. The number of rotatable bonds is 12. The molecule has 1 fully saturated rings. The summed E-state index contributed by atoms with van der Waals surface area (Å²) in [5.41, 5.74) is 0. The Morgan fingerprint density at radius 1 is 1.24 bits per heavy atom. The van der Waals surface area contributed by atoms with Crippen LogP contribution in [0.1, 0.15) is 84.5 Å². The van der Waals surface area contributed by atoms with E-state index in [1.54, 1.807) is 11.3 Å². The maximum atomic E-state index is 4.62. The van der Waals surface area contributed by atoms with Crippen LogP contribution in [0.4, 0.5) is 5.13 Å². The number of aromatic nitrogens is 1. The Bertz CT molecular complexity index is 434. The van der Waals surface area contributed by atoms with Crippen LogP contribution in [-0.4, -0.2) is 42.1 Å². The number of piperidine rings is 1. The average molecular weight is 366 g/mol. The molecule has 3 nitrogen and oxygen atoms in total. The highest BCUT2D eigenvalue weighted by Crippen LogP contribution is 2.25. The van der Waals surface area contributed by atoms with Crippen LogP contribution in [0, 0.1) is 0 Å². The summed E-state index contributed by atoms with van der Waals surface area (Å²) in [4.78, 5) is 9.77. The molecule has 1 aromatic heterocycles. The van der Waals surface area contributed by atoms with Crippen LogP contribution in [0.15, 0.2) is 11.6 Å². The van der Waals surface area contributed by atoms with Crippen molar-refractivity contribution in [3.05, 3.63) is 11.6 Å². The maximum Gasteiger partial charge on any atom is 0.185 e. The number of hydrogen-bond donors (Lipinski definition) is 0. The van der Waals surface area contributed by atoms with Gasteiger partial charge >= 0.3 is 0 Å². The second-order valence-corrected chi connectivity index (χ2v) is 8.71. The zero-order chi connectivity index (χ0) is 17.9. The molecule has 2 unspecified atom stereocenters. The Morgan fingerprint density at radius 3 is 2.76 bits per heavy atom. The molecule has 1 aromatic rings. The van der Waals surface area contributed by atoms with Crippen LogP contribution in [-0.2, 0) is 0 Å². The van der Waals surface area contributed by atoms with Crippen molar-refractivity contribution >= 4 is 16.5 Å². The first-order valence-corrected chi connectivity index (χ1v) is 11.5. The van der Waals surface area contributed by atoms with Gasteiger partial charge in [0.1, 0.15) is 0 Å². The van der Waals surface area contributed by atoms with Crippen molar-refractivity contribution in [2.45, 2.75) is 96.6 Å². The molecule has 2 atom stereocenters. The first-order chi connectivity index (χ1) is 12.2. The molecule has 1 aliphatic rings. The predicted octanol–water partition coefficient (Wildman–Crippen LogP) is 5.96. The van der Waals surface area contributed by atoms with Gasteiger partial charge in [0.15, 0.2) is 5.13 Å². The van der Waals surface area contributed by atoms with Gasteiger partial charge in [0.2, 0.25) is 0 Å². The minimum absolute atomic E-state index is 0.603. The standard InChI is InChI=1S/C21H39N3S/c1-4-5-6-7-8-9-12-19(2)24(21-22-15-18-25-21)17-14-20-13-10-11-16-23(20)3/h15,18-20H,4-14,16-17H2,1-3H3. The highest BCUT2D eigenvalue weighted by molar-refractivity contribution is 7.13. The highest BCUT2D eigenvalue weighted by atomic mass is 32.1. The van der Waals surface area contributed by atoms with Crippen LogP contribution >= 0.6 is 11.3 Å². The second-order valence-electron chi connectivity index (χ2n) is 7.83. The van der Waals surface area contributed by atoms with Crippen LogP contribution < -0.4 is 4.90 Å². The number of likely N-dealkylation sites (tertiary alicyclic amines) is 1. The van der Waals surface area contributed by atoms with Crippen LogP contribution in [0.3, 0.4) is 0 Å². The number of anilines is 1. The smallest absolute Gasteiger partial charge is 0.185 e.